The Kier molecular flexibility index (Phi) is 4.94. The van der Waals surface area contributed by atoms with E-state index in [0.717, 1.165) is 10.7 Å². The number of hydrogen-bond donors (Lipinski definition) is 0. The van der Waals surface area contributed by atoms with Gasteiger partial charge < -0.3 is 0 Å². The number of benzene rings is 2. The molecule has 3 rings (SSSR count). The number of halogens is 2. The van der Waals surface area contributed by atoms with Gasteiger partial charge >= 0.3 is 0 Å². The number of alkyl halides is 2. The molecular weight excluding hydrogens is 408 g/mol. The molecule has 0 fully saturated rings. The summed E-state index contributed by atoms with van der Waals surface area (Å²) in [6.07, 6.45) is 0. The second kappa shape index (κ2) is 6.91. The van der Waals surface area contributed by atoms with Crippen LogP contribution < -0.4 is 0 Å². The predicted octanol–water partition coefficient (Wildman–Crippen LogP) is 6.87. The molecule has 1 heterocycles. The summed E-state index contributed by atoms with van der Waals surface area (Å²) in [5.74, 6) is 0. The van der Waals surface area contributed by atoms with Crippen LogP contribution in [0.2, 0.25) is 0 Å². The van der Waals surface area contributed by atoms with E-state index in [9.17, 15) is 0 Å². The molecule has 0 N–H and O–H groups in total. The Balaban J connectivity index is 2.29. The van der Waals surface area contributed by atoms with E-state index in [1.165, 1.54) is 32.0 Å². The molecule has 0 radical (unpaired) electrons. The van der Waals surface area contributed by atoms with Gasteiger partial charge in [0.05, 0.1) is 0 Å². The second-order valence-corrected chi connectivity index (χ2v) is 7.01. The molecule has 0 amide bonds. The van der Waals surface area contributed by atoms with Crippen molar-refractivity contribution in [2.45, 2.75) is 10.7 Å². The molecule has 1 aromatic heterocycles. The number of rotatable bonds is 4. The molecule has 21 heavy (non-hydrogen) atoms. The van der Waals surface area contributed by atoms with Crippen LogP contribution in [0.4, 0.5) is 0 Å². The van der Waals surface area contributed by atoms with Crippen molar-refractivity contribution in [3.05, 3.63) is 70.4 Å². The van der Waals surface area contributed by atoms with E-state index < -0.39 is 0 Å². The van der Waals surface area contributed by atoms with Crippen LogP contribution >= 0.6 is 43.2 Å². The third kappa shape index (κ3) is 3.01. The van der Waals surface area contributed by atoms with Gasteiger partial charge in [-0.05, 0) is 11.1 Å². The van der Waals surface area contributed by atoms with E-state index in [0.29, 0.717) is 0 Å². The summed E-state index contributed by atoms with van der Waals surface area (Å²) in [6, 6.07) is 21.3. The Bertz CT molecular complexity index is 656. The van der Waals surface area contributed by atoms with Gasteiger partial charge in [-0.25, -0.2) is 0 Å². The third-order valence-electron chi connectivity index (χ3n) is 3.42. The Morgan fingerprint density at radius 1 is 0.619 bits per heavy atom. The minimum absolute atomic E-state index is 0.884. The molecule has 0 unspecified atom stereocenters. The largest absolute Gasteiger partial charge is 0.142 e. The van der Waals surface area contributed by atoms with Crippen LogP contribution in [-0.4, -0.2) is 0 Å². The first-order valence-corrected chi connectivity index (χ1v) is 9.78. The van der Waals surface area contributed by atoms with Crippen molar-refractivity contribution in [1.29, 1.82) is 0 Å². The monoisotopic (exact) mass is 420 g/mol. The molecule has 0 saturated carbocycles. The summed E-state index contributed by atoms with van der Waals surface area (Å²) < 4.78 is 0. The molecule has 0 nitrogen and oxygen atoms in total. The molecule has 2 aromatic carbocycles. The molecule has 0 aliphatic carbocycles. The van der Waals surface area contributed by atoms with Crippen molar-refractivity contribution < 1.29 is 0 Å². The highest BCUT2D eigenvalue weighted by molar-refractivity contribution is 9.09. The predicted molar refractivity (Wildman–Crippen MR) is 100 cm³/mol. The molecule has 106 valence electrons. The highest BCUT2D eigenvalue weighted by Gasteiger charge is 2.19. The lowest BCUT2D eigenvalue weighted by Crippen LogP contribution is -1.86. The Morgan fingerprint density at radius 2 is 1.00 bits per heavy atom. The Hall–Kier alpha value is -0.900. The maximum atomic E-state index is 3.65. The van der Waals surface area contributed by atoms with Gasteiger partial charge in [-0.15, -0.1) is 11.3 Å². The summed E-state index contributed by atoms with van der Waals surface area (Å²) in [4.78, 5) is 2.77. The van der Waals surface area contributed by atoms with Crippen LogP contribution in [-0.2, 0) is 10.7 Å². The molecule has 0 bridgehead atoms. The Morgan fingerprint density at radius 3 is 1.33 bits per heavy atom. The maximum absolute atomic E-state index is 3.65. The zero-order valence-electron chi connectivity index (χ0n) is 11.4. The first-order valence-electron chi connectivity index (χ1n) is 6.72. The van der Waals surface area contributed by atoms with Crippen molar-refractivity contribution in [3.8, 4) is 22.3 Å². The highest BCUT2D eigenvalue weighted by Crippen LogP contribution is 2.44. The second-order valence-electron chi connectivity index (χ2n) is 4.70. The van der Waals surface area contributed by atoms with Gasteiger partial charge in [0.25, 0.3) is 0 Å². The van der Waals surface area contributed by atoms with Crippen molar-refractivity contribution >= 4 is 43.2 Å². The summed E-state index contributed by atoms with van der Waals surface area (Å²) >= 11 is 9.18. The minimum atomic E-state index is 0.884. The molecule has 0 aliphatic heterocycles. The first kappa shape index (κ1) is 15.0. The molecular formula is C18H14Br2S. The van der Waals surface area contributed by atoms with E-state index in [-0.39, 0.29) is 0 Å². The van der Waals surface area contributed by atoms with Gasteiger partial charge in [0, 0.05) is 31.5 Å². The fourth-order valence-corrected chi connectivity index (χ4v) is 4.84. The van der Waals surface area contributed by atoms with Gasteiger partial charge in [0.15, 0.2) is 0 Å². The average molecular weight is 422 g/mol. The minimum Gasteiger partial charge on any atom is -0.142 e. The van der Waals surface area contributed by atoms with Crippen molar-refractivity contribution in [2.75, 3.05) is 0 Å². The van der Waals surface area contributed by atoms with Gasteiger partial charge in [-0.2, -0.15) is 0 Å². The smallest absolute Gasteiger partial charge is 0.0383 e. The summed E-state index contributed by atoms with van der Waals surface area (Å²) in [6.45, 7) is 0. The van der Waals surface area contributed by atoms with Crippen molar-refractivity contribution in [3.63, 3.8) is 0 Å². The lowest BCUT2D eigenvalue weighted by Gasteiger charge is -2.09. The third-order valence-corrected chi connectivity index (χ3v) is 6.48. The summed E-state index contributed by atoms with van der Waals surface area (Å²) in [7, 11) is 0. The summed E-state index contributed by atoms with van der Waals surface area (Å²) in [5.41, 5.74) is 5.29. The zero-order valence-corrected chi connectivity index (χ0v) is 15.3. The fraction of sp³-hybridized carbons (Fsp3) is 0.111. The topological polar surface area (TPSA) is 0 Å². The van der Waals surface area contributed by atoms with Crippen molar-refractivity contribution in [2.24, 2.45) is 0 Å². The fourth-order valence-electron chi connectivity index (χ4n) is 2.54. The van der Waals surface area contributed by atoms with E-state index in [4.69, 9.17) is 0 Å². The highest BCUT2D eigenvalue weighted by atomic mass is 79.9. The molecule has 0 aliphatic rings. The van der Waals surface area contributed by atoms with Crippen LogP contribution in [0.3, 0.4) is 0 Å². The SMILES string of the molecule is BrCc1sc(CBr)c(-c2ccccc2)c1-c1ccccc1. The normalized spacial score (nSPS) is 10.8. The van der Waals surface area contributed by atoms with Crippen LogP contribution in [0.25, 0.3) is 22.3 Å². The van der Waals surface area contributed by atoms with Crippen LogP contribution in [0, 0.1) is 0 Å². The Labute approximate surface area is 146 Å². The van der Waals surface area contributed by atoms with Crippen molar-refractivity contribution in [1.82, 2.24) is 0 Å². The zero-order chi connectivity index (χ0) is 14.7. The van der Waals surface area contributed by atoms with E-state index in [1.807, 2.05) is 11.3 Å². The van der Waals surface area contributed by atoms with Crippen LogP contribution in [0.5, 0.6) is 0 Å². The van der Waals surface area contributed by atoms with Gasteiger partial charge in [0.2, 0.25) is 0 Å². The molecule has 3 aromatic rings. The lowest BCUT2D eigenvalue weighted by molar-refractivity contribution is 1.51. The quantitative estimate of drug-likeness (QED) is 0.403. The van der Waals surface area contributed by atoms with Crippen LogP contribution in [0.15, 0.2) is 60.7 Å². The van der Waals surface area contributed by atoms with E-state index in [2.05, 4.69) is 92.5 Å². The average Bonchev–Trinajstić information content (AvgIpc) is 2.95. The number of hydrogen-bond acceptors (Lipinski definition) is 1. The van der Waals surface area contributed by atoms with Gasteiger partial charge in [0.1, 0.15) is 0 Å². The molecule has 0 atom stereocenters. The lowest BCUT2D eigenvalue weighted by atomic mass is 9.95. The summed E-state index contributed by atoms with van der Waals surface area (Å²) in [5, 5.41) is 1.77. The maximum Gasteiger partial charge on any atom is 0.0383 e. The standard InChI is InChI=1S/C18H14Br2S/c19-11-15-17(13-7-3-1-4-8-13)18(16(12-20)21-15)14-9-5-2-6-10-14/h1-10H,11-12H2. The van der Waals surface area contributed by atoms with Gasteiger partial charge in [-0.1, -0.05) is 92.5 Å². The molecule has 3 heteroatoms. The molecule has 0 saturated heterocycles. The van der Waals surface area contributed by atoms with Gasteiger partial charge in [-0.3, -0.25) is 0 Å². The van der Waals surface area contributed by atoms with E-state index in [1.54, 1.807) is 0 Å². The molecule has 0 spiro atoms. The van der Waals surface area contributed by atoms with Crippen LogP contribution in [0.1, 0.15) is 9.75 Å². The first-order chi connectivity index (χ1) is 10.3. The number of thiophene rings is 1. The van der Waals surface area contributed by atoms with E-state index >= 15 is 0 Å².